The van der Waals surface area contributed by atoms with Crippen LogP contribution in [-0.2, 0) is 11.3 Å². The summed E-state index contributed by atoms with van der Waals surface area (Å²) in [7, 11) is 1.67. The zero-order valence-corrected chi connectivity index (χ0v) is 10.7. The molecule has 94 valence electrons. The summed E-state index contributed by atoms with van der Waals surface area (Å²) in [4.78, 5) is 17.2. The van der Waals surface area contributed by atoms with Gasteiger partial charge in [-0.05, 0) is 26.8 Å². The lowest BCUT2D eigenvalue weighted by molar-refractivity contribution is 0.0285. The van der Waals surface area contributed by atoms with Crippen LogP contribution in [0.2, 0.25) is 0 Å². The Balaban J connectivity index is 2.64. The Bertz CT molecular complexity index is 399. The molecule has 1 rings (SSSR count). The molecule has 0 aliphatic carbocycles. The van der Waals surface area contributed by atoms with E-state index in [2.05, 4.69) is 4.98 Å². The standard InChI is InChI=1S/C12H19N3O2/c1-12(2,3)17-11(16)15(4)8-9-7-14-6-5-10(9)13/h5-7H,8H2,1-4H3,(H2,13,14). The summed E-state index contributed by atoms with van der Waals surface area (Å²) < 4.78 is 5.24. The average molecular weight is 237 g/mol. The van der Waals surface area contributed by atoms with Crippen LogP contribution >= 0.6 is 0 Å². The highest BCUT2D eigenvalue weighted by molar-refractivity contribution is 5.68. The van der Waals surface area contributed by atoms with Crippen molar-refractivity contribution in [3.8, 4) is 0 Å². The van der Waals surface area contributed by atoms with Crippen molar-refractivity contribution in [1.29, 1.82) is 0 Å². The van der Waals surface area contributed by atoms with Crippen LogP contribution in [0.25, 0.3) is 0 Å². The Labute approximate surface area is 102 Å². The van der Waals surface area contributed by atoms with Crippen LogP contribution in [-0.4, -0.2) is 28.6 Å². The molecule has 17 heavy (non-hydrogen) atoms. The van der Waals surface area contributed by atoms with E-state index in [1.807, 2.05) is 20.8 Å². The molecule has 0 saturated heterocycles. The van der Waals surface area contributed by atoms with Gasteiger partial charge in [0.05, 0.1) is 6.54 Å². The predicted molar refractivity (Wildman–Crippen MR) is 66.4 cm³/mol. The molecular formula is C12H19N3O2. The number of nitrogen functional groups attached to an aromatic ring is 1. The molecule has 0 aliphatic rings. The molecule has 0 aliphatic heterocycles. The Morgan fingerprint density at radius 1 is 1.53 bits per heavy atom. The van der Waals surface area contributed by atoms with Crippen molar-refractivity contribution >= 4 is 11.8 Å². The molecule has 2 N–H and O–H groups in total. The molecule has 1 aromatic rings. The van der Waals surface area contributed by atoms with Gasteiger partial charge in [-0.25, -0.2) is 4.79 Å². The van der Waals surface area contributed by atoms with Crippen LogP contribution in [0.5, 0.6) is 0 Å². The number of nitrogens with two attached hydrogens (primary N) is 1. The number of amides is 1. The van der Waals surface area contributed by atoms with Gasteiger partial charge in [-0.15, -0.1) is 0 Å². The minimum absolute atomic E-state index is 0.374. The van der Waals surface area contributed by atoms with Gasteiger partial charge in [-0.2, -0.15) is 0 Å². The number of hydrogen-bond acceptors (Lipinski definition) is 4. The van der Waals surface area contributed by atoms with E-state index in [-0.39, 0.29) is 6.09 Å². The first-order chi connectivity index (χ1) is 7.79. The summed E-state index contributed by atoms with van der Waals surface area (Å²) in [6.45, 7) is 5.88. The zero-order valence-electron chi connectivity index (χ0n) is 10.7. The number of aromatic nitrogens is 1. The second kappa shape index (κ2) is 5.03. The fourth-order valence-corrected chi connectivity index (χ4v) is 1.23. The van der Waals surface area contributed by atoms with E-state index in [9.17, 15) is 4.79 Å². The molecular weight excluding hydrogens is 218 g/mol. The third kappa shape index (κ3) is 4.30. The Morgan fingerprint density at radius 2 is 2.18 bits per heavy atom. The second-order valence-electron chi connectivity index (χ2n) is 4.91. The maximum absolute atomic E-state index is 11.7. The molecule has 5 nitrogen and oxygen atoms in total. The third-order valence-corrected chi connectivity index (χ3v) is 2.05. The number of rotatable bonds is 2. The van der Waals surface area contributed by atoms with Crippen LogP contribution in [0.15, 0.2) is 18.5 Å². The lowest BCUT2D eigenvalue weighted by atomic mass is 10.2. The monoisotopic (exact) mass is 237 g/mol. The van der Waals surface area contributed by atoms with Gasteiger partial charge in [0.15, 0.2) is 0 Å². The van der Waals surface area contributed by atoms with Gasteiger partial charge in [0.1, 0.15) is 5.60 Å². The number of anilines is 1. The predicted octanol–water partition coefficient (Wildman–Crippen LogP) is 2.03. The van der Waals surface area contributed by atoms with Crippen LogP contribution in [0, 0.1) is 0 Å². The largest absolute Gasteiger partial charge is 0.444 e. The van der Waals surface area contributed by atoms with E-state index in [1.54, 1.807) is 25.5 Å². The Hall–Kier alpha value is -1.78. The molecule has 0 radical (unpaired) electrons. The molecule has 0 atom stereocenters. The highest BCUT2D eigenvalue weighted by atomic mass is 16.6. The van der Waals surface area contributed by atoms with Crippen molar-refractivity contribution in [1.82, 2.24) is 9.88 Å². The first-order valence-corrected chi connectivity index (χ1v) is 5.42. The fraction of sp³-hybridized carbons (Fsp3) is 0.500. The van der Waals surface area contributed by atoms with Crippen molar-refractivity contribution in [2.45, 2.75) is 32.9 Å². The second-order valence-corrected chi connectivity index (χ2v) is 4.91. The van der Waals surface area contributed by atoms with E-state index >= 15 is 0 Å². The normalized spacial score (nSPS) is 11.1. The van der Waals surface area contributed by atoms with Gasteiger partial charge in [0.25, 0.3) is 0 Å². The molecule has 0 aromatic carbocycles. The number of pyridine rings is 1. The van der Waals surface area contributed by atoms with Gasteiger partial charge in [0, 0.05) is 30.7 Å². The van der Waals surface area contributed by atoms with E-state index < -0.39 is 5.60 Å². The first kappa shape index (κ1) is 13.3. The lowest BCUT2D eigenvalue weighted by Gasteiger charge is -2.24. The van der Waals surface area contributed by atoms with Gasteiger partial charge in [-0.1, -0.05) is 0 Å². The Kier molecular flexibility index (Phi) is 3.93. The summed E-state index contributed by atoms with van der Waals surface area (Å²) in [5.74, 6) is 0. The molecule has 1 aromatic heterocycles. The molecule has 0 saturated carbocycles. The number of nitrogens with zero attached hydrogens (tertiary/aromatic N) is 2. The molecule has 1 amide bonds. The van der Waals surface area contributed by atoms with Crippen molar-refractivity contribution in [3.63, 3.8) is 0 Å². The summed E-state index contributed by atoms with van der Waals surface area (Å²) in [5, 5.41) is 0. The van der Waals surface area contributed by atoms with E-state index in [0.717, 1.165) is 5.56 Å². The highest BCUT2D eigenvalue weighted by Gasteiger charge is 2.19. The maximum atomic E-state index is 11.7. The molecule has 0 spiro atoms. The first-order valence-electron chi connectivity index (χ1n) is 5.42. The van der Waals surface area contributed by atoms with Crippen LogP contribution in [0.3, 0.4) is 0 Å². The van der Waals surface area contributed by atoms with Crippen molar-refractivity contribution in [3.05, 3.63) is 24.0 Å². The highest BCUT2D eigenvalue weighted by Crippen LogP contribution is 2.14. The lowest BCUT2D eigenvalue weighted by Crippen LogP contribution is -2.34. The van der Waals surface area contributed by atoms with Gasteiger partial charge < -0.3 is 15.4 Å². The molecule has 1 heterocycles. The van der Waals surface area contributed by atoms with Gasteiger partial charge in [0.2, 0.25) is 0 Å². The maximum Gasteiger partial charge on any atom is 0.410 e. The topological polar surface area (TPSA) is 68.5 Å². The zero-order chi connectivity index (χ0) is 13.1. The minimum atomic E-state index is -0.494. The number of ether oxygens (including phenoxy) is 1. The Morgan fingerprint density at radius 3 is 2.71 bits per heavy atom. The molecule has 5 heteroatoms. The minimum Gasteiger partial charge on any atom is -0.444 e. The molecule has 0 unspecified atom stereocenters. The van der Waals surface area contributed by atoms with Crippen LogP contribution in [0.4, 0.5) is 10.5 Å². The summed E-state index contributed by atoms with van der Waals surface area (Å²) in [5.41, 5.74) is 6.71. The van der Waals surface area contributed by atoms with Gasteiger partial charge >= 0.3 is 6.09 Å². The van der Waals surface area contributed by atoms with Crippen LogP contribution < -0.4 is 5.73 Å². The number of carbonyl (C=O) groups is 1. The van der Waals surface area contributed by atoms with Crippen molar-refractivity contribution in [2.24, 2.45) is 0 Å². The third-order valence-electron chi connectivity index (χ3n) is 2.05. The quantitative estimate of drug-likeness (QED) is 0.854. The van der Waals surface area contributed by atoms with Crippen LogP contribution in [0.1, 0.15) is 26.3 Å². The SMILES string of the molecule is CN(Cc1cnccc1N)C(=O)OC(C)(C)C. The van der Waals surface area contributed by atoms with Gasteiger partial charge in [-0.3, -0.25) is 4.98 Å². The fourth-order valence-electron chi connectivity index (χ4n) is 1.23. The summed E-state index contributed by atoms with van der Waals surface area (Å²) in [6, 6.07) is 1.71. The number of hydrogen-bond donors (Lipinski definition) is 1. The molecule has 0 bridgehead atoms. The summed E-state index contributed by atoms with van der Waals surface area (Å²) >= 11 is 0. The number of carbonyl (C=O) groups excluding carboxylic acids is 1. The average Bonchev–Trinajstić information content (AvgIpc) is 2.18. The van der Waals surface area contributed by atoms with Crippen molar-refractivity contribution < 1.29 is 9.53 Å². The van der Waals surface area contributed by atoms with E-state index in [4.69, 9.17) is 10.5 Å². The molecule has 0 fully saturated rings. The summed E-state index contributed by atoms with van der Waals surface area (Å²) in [6.07, 6.45) is 2.89. The van der Waals surface area contributed by atoms with E-state index in [0.29, 0.717) is 12.2 Å². The smallest absolute Gasteiger partial charge is 0.410 e. The van der Waals surface area contributed by atoms with E-state index in [1.165, 1.54) is 4.90 Å². The van der Waals surface area contributed by atoms with Crippen molar-refractivity contribution in [2.75, 3.05) is 12.8 Å².